The molecule has 0 bridgehead atoms. The second-order valence-corrected chi connectivity index (χ2v) is 25.4. The number of anilines is 4. The highest BCUT2D eigenvalue weighted by Gasteiger charge is 2.18. The Bertz CT molecular complexity index is 4740. The van der Waals surface area contributed by atoms with E-state index in [1.54, 1.807) is 123 Å². The molecule has 0 radical (unpaired) electrons. The molecule has 0 unspecified atom stereocenters. The number of hydrogen-bond acceptors (Lipinski definition) is 21. The molecule has 0 spiro atoms. The van der Waals surface area contributed by atoms with E-state index in [0.29, 0.717) is 90.8 Å². The Kier molecular flexibility index (Phi) is 20.2. The molecule has 9 rings (SSSR count). The van der Waals surface area contributed by atoms with Crippen molar-refractivity contribution in [3.63, 3.8) is 0 Å². The molecular weight excluding hydrogens is 1230 g/mol. The summed E-state index contributed by atoms with van der Waals surface area (Å²) >= 11 is 0. The summed E-state index contributed by atoms with van der Waals surface area (Å²) in [6.45, 7) is 7.45. The molecule has 0 saturated carbocycles. The molecule has 0 fully saturated rings. The minimum absolute atomic E-state index is 0.0357. The maximum Gasteiger partial charge on any atom is 0.296 e. The number of fused-ring (bicyclic) bond motifs is 2. The number of nitrogen functional groups attached to an aromatic ring is 1. The van der Waals surface area contributed by atoms with Gasteiger partial charge in [0.25, 0.3) is 36.3 Å². The van der Waals surface area contributed by atoms with E-state index in [4.69, 9.17) is 24.5 Å². The Morgan fingerprint density at radius 1 is 0.495 bits per heavy atom. The van der Waals surface area contributed by atoms with Gasteiger partial charge in [-0.1, -0.05) is 18.2 Å². The van der Waals surface area contributed by atoms with Crippen molar-refractivity contribution in [3.05, 3.63) is 173 Å². The van der Waals surface area contributed by atoms with Crippen LogP contribution in [-0.2, 0) is 30.4 Å². The van der Waals surface area contributed by atoms with E-state index in [2.05, 4.69) is 51.5 Å². The number of nitrogens with zero attached hydrogens (tertiary/aromatic N) is 8. The van der Waals surface area contributed by atoms with E-state index in [-0.39, 0.29) is 72.0 Å². The molecule has 0 aliphatic carbocycles. The van der Waals surface area contributed by atoms with E-state index in [0.717, 1.165) is 21.9 Å². The summed E-state index contributed by atoms with van der Waals surface area (Å²) in [5.41, 5.74) is 13.4. The maximum absolute atomic E-state index is 13.3. The van der Waals surface area contributed by atoms with Gasteiger partial charge in [-0.15, -0.1) is 20.5 Å². The number of unbranched alkanes of at least 4 members (excludes halogenated alkanes) is 1. The second kappa shape index (κ2) is 28.2. The van der Waals surface area contributed by atoms with Gasteiger partial charge in [-0.25, -0.2) is 0 Å². The van der Waals surface area contributed by atoms with Gasteiger partial charge in [0.1, 0.15) is 39.2 Å². The molecule has 9 aromatic rings. The van der Waals surface area contributed by atoms with Crippen molar-refractivity contribution in [2.45, 2.75) is 51.9 Å². The zero-order chi connectivity index (χ0) is 65.2. The molecule has 25 nitrogen and oxygen atoms in total. The van der Waals surface area contributed by atoms with E-state index in [9.17, 15) is 44.3 Å². The summed E-state index contributed by atoms with van der Waals surface area (Å²) < 4.78 is 114. The Morgan fingerprint density at radius 2 is 1.04 bits per heavy atom. The van der Waals surface area contributed by atoms with Crippen LogP contribution in [0.2, 0.25) is 0 Å². The number of phenols is 1. The van der Waals surface area contributed by atoms with E-state index < -0.39 is 41.0 Å². The molecule has 0 aliphatic heterocycles. The highest BCUT2D eigenvalue weighted by Crippen LogP contribution is 2.43. The number of carbonyl (C=O) groups excluding carboxylic acids is 1. The smallest absolute Gasteiger partial charge is 0.296 e. The second-order valence-electron chi connectivity index (χ2n) is 20.9. The van der Waals surface area contributed by atoms with E-state index in [1.165, 1.54) is 19.2 Å². The lowest BCUT2D eigenvalue weighted by Gasteiger charge is -2.12. The fourth-order valence-electron chi connectivity index (χ4n) is 9.35. The van der Waals surface area contributed by atoms with Crippen molar-refractivity contribution in [1.82, 2.24) is 0 Å². The number of ether oxygens (including phenoxy) is 3. The van der Waals surface area contributed by atoms with Gasteiger partial charge in [-0.2, -0.15) is 45.7 Å². The molecule has 0 heterocycles. The monoisotopic (exact) mass is 1290 g/mol. The molecule has 0 saturated heterocycles. The molecule has 28 heteroatoms. The van der Waals surface area contributed by atoms with Crippen LogP contribution in [0.1, 0.15) is 51.9 Å². The minimum atomic E-state index is -4.56. The van der Waals surface area contributed by atoms with Crippen molar-refractivity contribution < 1.29 is 63.0 Å². The number of aryl methyl sites for hydroxylation is 4. The van der Waals surface area contributed by atoms with Crippen molar-refractivity contribution >= 4 is 126 Å². The predicted octanol–water partition coefficient (Wildman–Crippen LogP) is 16.1. The first-order valence-electron chi connectivity index (χ1n) is 27.9. The van der Waals surface area contributed by atoms with Gasteiger partial charge in [0, 0.05) is 45.5 Å². The molecule has 9 aromatic carbocycles. The first-order valence-corrected chi connectivity index (χ1v) is 32.5. The van der Waals surface area contributed by atoms with Crippen LogP contribution in [0, 0.1) is 27.7 Å². The average Bonchev–Trinajstić information content (AvgIpc) is 1.26. The van der Waals surface area contributed by atoms with Crippen LogP contribution in [0.3, 0.4) is 0 Å². The Morgan fingerprint density at radius 3 is 1.73 bits per heavy atom. The van der Waals surface area contributed by atoms with Crippen molar-refractivity contribution in [1.29, 1.82) is 0 Å². The summed E-state index contributed by atoms with van der Waals surface area (Å²) in [7, 11) is -11.4. The average molecular weight is 1290 g/mol. The van der Waals surface area contributed by atoms with Gasteiger partial charge in [-0.05, 0) is 195 Å². The van der Waals surface area contributed by atoms with Gasteiger partial charge in [0.15, 0.2) is 5.75 Å². The lowest BCUT2D eigenvalue weighted by molar-refractivity contribution is 0.102. The number of carbonyl (C=O) groups is 1. The van der Waals surface area contributed by atoms with Crippen molar-refractivity contribution in [2.24, 2.45) is 40.9 Å². The molecule has 470 valence electrons. The van der Waals surface area contributed by atoms with Crippen LogP contribution in [-0.4, -0.2) is 81.8 Å². The molecule has 0 aliphatic rings. The summed E-state index contributed by atoms with van der Waals surface area (Å²) in [4.78, 5) is 12.8. The molecule has 91 heavy (non-hydrogen) atoms. The number of benzene rings is 9. The quantitative estimate of drug-likeness (QED) is 0.0121. The van der Waals surface area contributed by atoms with Crippen LogP contribution < -0.4 is 30.6 Å². The zero-order valence-electron chi connectivity index (χ0n) is 49.6. The Labute approximate surface area is 523 Å². The predicted molar refractivity (Wildman–Crippen MR) is 347 cm³/mol. The van der Waals surface area contributed by atoms with Crippen molar-refractivity contribution in [3.8, 4) is 23.0 Å². The standard InChI is InChI=1S/C63H61N11O14S3/c1-37-30-55(72-69-52-23-14-43-33-45(18-21-50(43)62(52)75)65-47-19-22-51(64)60(34-47)91(83,84)85)58(86-5)35-53(37)70-73-56-31-38(2)54(36-59(56)88-25-9-27-90(80,81)82)71-74-61-39(3)28-48(29-40(61)4)68-67-44-15-12-41(13-16-44)63(76)66-46-17-20-49-42(32-46)10-8-11-57(49)87-24-6-7-26-89(77,78)79/h8,10-23,28-36,65,75H,6-7,9,24-27,64H2,1-5H3,(H,66,76)(H,77,78,79)(H,80,81,82)(H,83,84,85). The Hall–Kier alpha value is -10.1. The third kappa shape index (κ3) is 17.4. The summed E-state index contributed by atoms with van der Waals surface area (Å²) in [6.07, 6.45) is 0.670. The van der Waals surface area contributed by atoms with Crippen LogP contribution in [0.15, 0.2) is 191 Å². The highest BCUT2D eigenvalue weighted by atomic mass is 32.2. The van der Waals surface area contributed by atoms with Gasteiger partial charge in [-0.3, -0.25) is 18.5 Å². The summed E-state index contributed by atoms with van der Waals surface area (Å²) in [5, 5.41) is 55.7. The number of phenolic OH excluding ortho intramolecular Hbond substituents is 1. The lowest BCUT2D eigenvalue weighted by atomic mass is 10.1. The van der Waals surface area contributed by atoms with Crippen LogP contribution in [0.5, 0.6) is 23.0 Å². The van der Waals surface area contributed by atoms with Gasteiger partial charge >= 0.3 is 0 Å². The Balaban J connectivity index is 0.857. The number of rotatable bonds is 25. The number of azo groups is 4. The SMILES string of the molecule is COc1cc(N=Nc2cc(C)c(N=Nc3c(C)cc(N=Nc4ccc(C(=O)Nc5ccc6c(OCCCCS(=O)(=O)O)cccc6c5)cc4)cc3C)cc2OCCCS(=O)(=O)O)c(C)cc1N=Nc1ccc2cc(Nc3ccc(N)c(S(=O)(=O)O)c3)ccc2c1O. The van der Waals surface area contributed by atoms with E-state index in [1.807, 2.05) is 38.1 Å². The van der Waals surface area contributed by atoms with E-state index >= 15 is 0 Å². The fraction of sp³-hybridized carbons (Fsp3) is 0.190. The zero-order valence-corrected chi connectivity index (χ0v) is 52.0. The number of hydrogen-bond donors (Lipinski definition) is 7. The highest BCUT2D eigenvalue weighted by molar-refractivity contribution is 7.86. The molecule has 8 N–H and O–H groups in total. The fourth-order valence-corrected chi connectivity index (χ4v) is 11.0. The maximum atomic E-state index is 13.3. The summed E-state index contributed by atoms with van der Waals surface area (Å²) in [6, 6.07) is 40.2. The first-order chi connectivity index (χ1) is 43.3. The largest absolute Gasteiger partial charge is 0.505 e. The lowest BCUT2D eigenvalue weighted by Crippen LogP contribution is -2.11. The van der Waals surface area contributed by atoms with Crippen molar-refractivity contribution in [2.75, 3.05) is 48.2 Å². The third-order valence-corrected chi connectivity index (χ3v) is 16.5. The number of nitrogens with one attached hydrogen (secondary N) is 2. The van der Waals surface area contributed by atoms with Crippen LogP contribution >= 0.6 is 0 Å². The topological polar surface area (TPSA) is 377 Å². The molecular formula is C63H61N11O14S3. The van der Waals surface area contributed by atoms with Gasteiger partial charge < -0.3 is 35.7 Å². The van der Waals surface area contributed by atoms with Crippen LogP contribution in [0.25, 0.3) is 21.5 Å². The number of amides is 1. The molecule has 0 aromatic heterocycles. The summed E-state index contributed by atoms with van der Waals surface area (Å²) in [5.74, 6) is -0.266. The number of methoxy groups -OCH3 is 1. The first kappa shape index (κ1) is 65.3. The molecule has 1 amide bonds. The number of aromatic hydroxyl groups is 1. The van der Waals surface area contributed by atoms with Crippen LogP contribution in [0.4, 0.5) is 68.2 Å². The van der Waals surface area contributed by atoms with Gasteiger partial charge in [0.05, 0.1) is 66.0 Å². The van der Waals surface area contributed by atoms with Gasteiger partial charge in [0.2, 0.25) is 0 Å². The third-order valence-electron chi connectivity index (χ3n) is 14.0. The normalized spacial score (nSPS) is 12.3. The number of nitrogens with two attached hydrogens (primary N) is 1. The molecule has 0 atom stereocenters. The minimum Gasteiger partial charge on any atom is -0.505 e.